The molecule has 1 N–H and O–H groups in total. The van der Waals surface area contributed by atoms with Gasteiger partial charge in [0.2, 0.25) is 0 Å². The van der Waals surface area contributed by atoms with Gasteiger partial charge in [0.05, 0.1) is 6.54 Å². The first-order chi connectivity index (χ1) is 5.00. The molecular formula is C7H14N2O2. The summed E-state index contributed by atoms with van der Waals surface area (Å²) in [5, 5.41) is 16.0. The van der Waals surface area contributed by atoms with Crippen LogP contribution in [0, 0.1) is 0 Å². The van der Waals surface area contributed by atoms with Crippen molar-refractivity contribution in [3.63, 3.8) is 0 Å². The lowest BCUT2D eigenvalue weighted by Crippen LogP contribution is -2.28. The van der Waals surface area contributed by atoms with Crippen molar-refractivity contribution in [1.29, 1.82) is 0 Å². The molecule has 0 radical (unpaired) electrons. The number of nitrogens with zero attached hydrogens (tertiary/aromatic N) is 2. The second-order valence-electron chi connectivity index (χ2n) is 2.83. The third-order valence-electron chi connectivity index (χ3n) is 1.17. The van der Waals surface area contributed by atoms with Crippen LogP contribution in [0.1, 0.15) is 27.2 Å². The van der Waals surface area contributed by atoms with E-state index in [1.54, 1.807) is 0 Å². The molecule has 0 saturated carbocycles. The van der Waals surface area contributed by atoms with Crippen molar-refractivity contribution >= 4 is 5.97 Å². The third-order valence-corrected chi connectivity index (χ3v) is 1.17. The molecule has 0 aliphatic carbocycles. The van der Waals surface area contributed by atoms with Crippen molar-refractivity contribution in [2.24, 2.45) is 10.2 Å². The first-order valence-corrected chi connectivity index (χ1v) is 3.62. The SMILES string of the molecule is CCCN=NC(C)(C)C(=O)O. The van der Waals surface area contributed by atoms with Gasteiger partial charge in [-0.15, -0.1) is 0 Å². The number of aliphatic carboxylic acids is 1. The summed E-state index contributed by atoms with van der Waals surface area (Å²) in [6.45, 7) is 5.60. The lowest BCUT2D eigenvalue weighted by molar-refractivity contribution is -0.142. The lowest BCUT2D eigenvalue weighted by Gasteiger charge is -2.10. The van der Waals surface area contributed by atoms with E-state index in [4.69, 9.17) is 5.11 Å². The Morgan fingerprint density at radius 2 is 2.09 bits per heavy atom. The summed E-state index contributed by atoms with van der Waals surface area (Å²) in [4.78, 5) is 10.5. The van der Waals surface area contributed by atoms with Crippen LogP contribution in [-0.4, -0.2) is 23.2 Å². The van der Waals surface area contributed by atoms with Crippen molar-refractivity contribution < 1.29 is 9.90 Å². The fourth-order valence-electron chi connectivity index (χ4n) is 0.370. The highest BCUT2D eigenvalue weighted by molar-refractivity contribution is 5.77. The topological polar surface area (TPSA) is 62.0 Å². The van der Waals surface area contributed by atoms with E-state index < -0.39 is 11.5 Å². The second-order valence-corrected chi connectivity index (χ2v) is 2.83. The lowest BCUT2D eigenvalue weighted by atomic mass is 10.1. The van der Waals surface area contributed by atoms with Gasteiger partial charge in [-0.1, -0.05) is 6.92 Å². The Morgan fingerprint density at radius 1 is 1.55 bits per heavy atom. The molecule has 0 spiro atoms. The molecular weight excluding hydrogens is 144 g/mol. The summed E-state index contributed by atoms with van der Waals surface area (Å²) in [7, 11) is 0. The van der Waals surface area contributed by atoms with Crippen molar-refractivity contribution in [3.05, 3.63) is 0 Å². The van der Waals surface area contributed by atoms with Crippen LogP contribution < -0.4 is 0 Å². The molecule has 0 rings (SSSR count). The summed E-state index contributed by atoms with van der Waals surface area (Å²) in [6.07, 6.45) is 0.888. The van der Waals surface area contributed by atoms with E-state index in [9.17, 15) is 4.79 Å². The van der Waals surface area contributed by atoms with E-state index in [2.05, 4.69) is 10.2 Å². The fraction of sp³-hybridized carbons (Fsp3) is 0.857. The van der Waals surface area contributed by atoms with Crippen LogP contribution in [0.25, 0.3) is 0 Å². The number of azo groups is 1. The molecule has 0 bridgehead atoms. The van der Waals surface area contributed by atoms with Crippen molar-refractivity contribution in [3.8, 4) is 0 Å². The Morgan fingerprint density at radius 3 is 2.45 bits per heavy atom. The maximum Gasteiger partial charge on any atom is 0.332 e. The molecule has 4 heteroatoms. The molecule has 0 amide bonds. The first-order valence-electron chi connectivity index (χ1n) is 3.62. The zero-order valence-corrected chi connectivity index (χ0v) is 7.16. The number of hydrogen-bond acceptors (Lipinski definition) is 3. The Kier molecular flexibility index (Phi) is 3.71. The first kappa shape index (κ1) is 10.1. The van der Waals surface area contributed by atoms with Gasteiger partial charge in [-0.3, -0.25) is 0 Å². The maximum absolute atomic E-state index is 10.5. The standard InChI is InChI=1S/C7H14N2O2/c1-4-5-8-9-7(2,3)6(10)11/h4-5H2,1-3H3,(H,10,11). The van der Waals surface area contributed by atoms with Gasteiger partial charge in [0.15, 0.2) is 5.54 Å². The molecule has 0 saturated heterocycles. The van der Waals surface area contributed by atoms with E-state index >= 15 is 0 Å². The number of carboxylic acid groups (broad SMARTS) is 1. The van der Waals surface area contributed by atoms with E-state index in [0.29, 0.717) is 6.54 Å². The summed E-state index contributed by atoms with van der Waals surface area (Å²) in [6, 6.07) is 0. The zero-order valence-electron chi connectivity index (χ0n) is 7.16. The molecule has 0 unspecified atom stereocenters. The van der Waals surface area contributed by atoms with Crippen molar-refractivity contribution in [2.75, 3.05) is 6.54 Å². The number of hydrogen-bond donors (Lipinski definition) is 1. The van der Waals surface area contributed by atoms with Crippen LogP contribution in [0.3, 0.4) is 0 Å². The molecule has 0 aromatic carbocycles. The minimum Gasteiger partial charge on any atom is -0.479 e. The molecule has 0 aliphatic rings. The second kappa shape index (κ2) is 4.05. The van der Waals surface area contributed by atoms with Gasteiger partial charge in [0.1, 0.15) is 0 Å². The fourth-order valence-corrected chi connectivity index (χ4v) is 0.370. The molecule has 0 aromatic heterocycles. The monoisotopic (exact) mass is 158 g/mol. The highest BCUT2D eigenvalue weighted by atomic mass is 16.4. The smallest absolute Gasteiger partial charge is 0.332 e. The van der Waals surface area contributed by atoms with Crippen LogP contribution in [0.15, 0.2) is 10.2 Å². The van der Waals surface area contributed by atoms with Crippen LogP contribution >= 0.6 is 0 Å². The highest BCUT2D eigenvalue weighted by Gasteiger charge is 2.26. The molecule has 0 heterocycles. The summed E-state index contributed by atoms with van der Waals surface area (Å²) >= 11 is 0. The van der Waals surface area contributed by atoms with Gasteiger partial charge in [-0.25, -0.2) is 4.79 Å². The quantitative estimate of drug-likeness (QED) is 0.633. The predicted octanol–water partition coefficient (Wildman–Crippen LogP) is 1.71. The average Bonchev–Trinajstić information content (AvgIpc) is 1.88. The third kappa shape index (κ3) is 3.70. The minimum atomic E-state index is -1.07. The van der Waals surface area contributed by atoms with Gasteiger partial charge >= 0.3 is 5.97 Å². The molecule has 64 valence electrons. The van der Waals surface area contributed by atoms with Gasteiger partial charge in [-0.2, -0.15) is 10.2 Å². The number of carboxylic acids is 1. The summed E-state index contributed by atoms with van der Waals surface area (Å²) in [5.41, 5.74) is -1.07. The Hall–Kier alpha value is -0.930. The number of carbonyl (C=O) groups is 1. The Labute approximate surface area is 66.3 Å². The van der Waals surface area contributed by atoms with Gasteiger partial charge < -0.3 is 5.11 Å². The Balaban J connectivity index is 4.00. The molecule has 11 heavy (non-hydrogen) atoms. The van der Waals surface area contributed by atoms with Crippen molar-refractivity contribution in [1.82, 2.24) is 0 Å². The van der Waals surface area contributed by atoms with Crippen LogP contribution in [-0.2, 0) is 4.79 Å². The maximum atomic E-state index is 10.5. The van der Waals surface area contributed by atoms with Crippen molar-refractivity contribution in [2.45, 2.75) is 32.7 Å². The Bertz CT molecular complexity index is 164. The molecule has 0 aromatic rings. The van der Waals surface area contributed by atoms with Gasteiger partial charge in [-0.05, 0) is 20.3 Å². The van der Waals surface area contributed by atoms with E-state index in [1.807, 2.05) is 6.92 Å². The molecule has 0 atom stereocenters. The van der Waals surface area contributed by atoms with E-state index in [0.717, 1.165) is 6.42 Å². The molecule has 0 fully saturated rings. The van der Waals surface area contributed by atoms with Gasteiger partial charge in [0.25, 0.3) is 0 Å². The van der Waals surface area contributed by atoms with Crippen LogP contribution in [0.4, 0.5) is 0 Å². The summed E-state index contributed by atoms with van der Waals surface area (Å²) < 4.78 is 0. The normalized spacial score (nSPS) is 12.3. The highest BCUT2D eigenvalue weighted by Crippen LogP contribution is 2.08. The van der Waals surface area contributed by atoms with Gasteiger partial charge in [0, 0.05) is 0 Å². The number of rotatable bonds is 4. The van der Waals surface area contributed by atoms with Crippen LogP contribution in [0.5, 0.6) is 0 Å². The largest absolute Gasteiger partial charge is 0.479 e. The van der Waals surface area contributed by atoms with E-state index in [1.165, 1.54) is 13.8 Å². The minimum absolute atomic E-state index is 0.594. The predicted molar refractivity (Wildman–Crippen MR) is 41.7 cm³/mol. The van der Waals surface area contributed by atoms with E-state index in [-0.39, 0.29) is 0 Å². The molecule has 4 nitrogen and oxygen atoms in total. The molecule has 0 aliphatic heterocycles. The zero-order chi connectivity index (χ0) is 8.91. The average molecular weight is 158 g/mol. The van der Waals surface area contributed by atoms with Crippen LogP contribution in [0.2, 0.25) is 0 Å². The summed E-state index contributed by atoms with van der Waals surface area (Å²) in [5.74, 6) is -0.947.